The van der Waals surface area contributed by atoms with E-state index in [1.807, 2.05) is 38.1 Å². The van der Waals surface area contributed by atoms with Gasteiger partial charge in [0.15, 0.2) is 0 Å². The molecule has 0 bridgehead atoms. The summed E-state index contributed by atoms with van der Waals surface area (Å²) in [6.07, 6.45) is 1.66. The van der Waals surface area contributed by atoms with Gasteiger partial charge >= 0.3 is 0 Å². The summed E-state index contributed by atoms with van der Waals surface area (Å²) in [4.78, 5) is 30.9. The molecule has 134 valence electrons. The second kappa shape index (κ2) is 7.82. The molecule has 1 aromatic heterocycles. The Morgan fingerprint density at radius 3 is 2.62 bits per heavy atom. The van der Waals surface area contributed by atoms with Crippen LogP contribution in [0.25, 0.3) is 11.0 Å². The van der Waals surface area contributed by atoms with Crippen LogP contribution in [0.15, 0.2) is 54.9 Å². The van der Waals surface area contributed by atoms with Crippen LogP contribution in [-0.4, -0.2) is 39.4 Å². The number of nitrogens with one attached hydrogen (secondary N) is 1. The first-order valence-electron chi connectivity index (χ1n) is 8.71. The molecule has 1 N–H and O–H groups in total. The molecule has 2 aromatic carbocycles. The van der Waals surface area contributed by atoms with Crippen LogP contribution in [0.1, 0.15) is 24.2 Å². The highest BCUT2D eigenvalue weighted by atomic mass is 16.2. The van der Waals surface area contributed by atoms with Crippen molar-refractivity contribution in [2.45, 2.75) is 20.4 Å². The van der Waals surface area contributed by atoms with Crippen molar-refractivity contribution in [3.05, 3.63) is 60.4 Å². The monoisotopic (exact) mass is 350 g/mol. The first-order chi connectivity index (χ1) is 12.6. The molecule has 0 aliphatic carbocycles. The Labute approximate surface area is 152 Å². The van der Waals surface area contributed by atoms with Crippen LogP contribution in [0.3, 0.4) is 0 Å². The molecule has 6 nitrogen and oxygen atoms in total. The van der Waals surface area contributed by atoms with Crippen LogP contribution in [-0.2, 0) is 11.3 Å². The first kappa shape index (κ1) is 17.7. The van der Waals surface area contributed by atoms with Crippen LogP contribution in [0.2, 0.25) is 0 Å². The Morgan fingerprint density at radius 2 is 1.85 bits per heavy atom. The van der Waals surface area contributed by atoms with Crippen molar-refractivity contribution >= 4 is 28.5 Å². The van der Waals surface area contributed by atoms with Gasteiger partial charge in [-0.2, -0.15) is 0 Å². The quantitative estimate of drug-likeness (QED) is 0.742. The number of carbonyl (C=O) groups excluding carboxylic acids is 2. The topological polar surface area (TPSA) is 67.2 Å². The molecular formula is C20H22N4O2. The molecule has 0 aliphatic heterocycles. The molecule has 0 fully saturated rings. The maximum Gasteiger partial charge on any atom is 0.253 e. The van der Waals surface area contributed by atoms with E-state index in [1.165, 1.54) is 0 Å². The number of aromatic nitrogens is 2. The lowest BCUT2D eigenvalue weighted by molar-refractivity contribution is -0.116. The molecule has 0 saturated heterocycles. The summed E-state index contributed by atoms with van der Waals surface area (Å²) < 4.78 is 1.80. The first-order valence-corrected chi connectivity index (χ1v) is 8.71. The number of anilines is 1. The van der Waals surface area contributed by atoms with Gasteiger partial charge in [-0.25, -0.2) is 4.98 Å². The summed E-state index contributed by atoms with van der Waals surface area (Å²) in [5, 5.41) is 2.86. The van der Waals surface area contributed by atoms with Gasteiger partial charge in [-0.1, -0.05) is 18.2 Å². The van der Waals surface area contributed by atoms with Crippen molar-refractivity contribution in [3.63, 3.8) is 0 Å². The molecule has 0 saturated carbocycles. The predicted molar refractivity (Wildman–Crippen MR) is 102 cm³/mol. The van der Waals surface area contributed by atoms with Crippen LogP contribution < -0.4 is 5.32 Å². The third kappa shape index (κ3) is 3.74. The van der Waals surface area contributed by atoms with E-state index in [0.29, 0.717) is 24.3 Å². The van der Waals surface area contributed by atoms with E-state index < -0.39 is 0 Å². The number of fused-ring (bicyclic) bond motifs is 1. The number of hydrogen-bond donors (Lipinski definition) is 1. The van der Waals surface area contributed by atoms with Crippen LogP contribution >= 0.6 is 0 Å². The van der Waals surface area contributed by atoms with E-state index in [0.717, 1.165) is 11.0 Å². The van der Waals surface area contributed by atoms with E-state index >= 15 is 0 Å². The zero-order valence-corrected chi connectivity index (χ0v) is 15.0. The molecule has 0 unspecified atom stereocenters. The van der Waals surface area contributed by atoms with Crippen LogP contribution in [0.5, 0.6) is 0 Å². The Kier molecular flexibility index (Phi) is 5.31. The van der Waals surface area contributed by atoms with Gasteiger partial charge in [0.05, 0.1) is 17.4 Å². The summed E-state index contributed by atoms with van der Waals surface area (Å²) in [5.74, 6) is -0.202. The van der Waals surface area contributed by atoms with Gasteiger partial charge in [-0.15, -0.1) is 0 Å². The molecule has 0 aliphatic rings. The lowest BCUT2D eigenvalue weighted by Crippen LogP contribution is -2.30. The second-order valence-electron chi connectivity index (χ2n) is 5.97. The van der Waals surface area contributed by atoms with Crippen molar-refractivity contribution in [1.82, 2.24) is 14.5 Å². The van der Waals surface area contributed by atoms with E-state index in [2.05, 4.69) is 10.3 Å². The van der Waals surface area contributed by atoms with Gasteiger partial charge in [-0.3, -0.25) is 9.59 Å². The number of imidazole rings is 1. The summed E-state index contributed by atoms with van der Waals surface area (Å²) in [7, 11) is 0. The second-order valence-corrected chi connectivity index (χ2v) is 5.97. The number of rotatable bonds is 6. The summed E-state index contributed by atoms with van der Waals surface area (Å²) in [6, 6.07) is 14.7. The molecule has 6 heteroatoms. The van der Waals surface area contributed by atoms with Crippen molar-refractivity contribution in [1.29, 1.82) is 0 Å². The number of carbonyl (C=O) groups is 2. The van der Waals surface area contributed by atoms with Crippen molar-refractivity contribution in [3.8, 4) is 0 Å². The third-order valence-electron chi connectivity index (χ3n) is 4.29. The Hall–Kier alpha value is -3.15. The molecule has 26 heavy (non-hydrogen) atoms. The molecule has 3 aromatic rings. The average Bonchev–Trinajstić information content (AvgIpc) is 3.06. The fourth-order valence-corrected chi connectivity index (χ4v) is 2.91. The van der Waals surface area contributed by atoms with Gasteiger partial charge in [0.25, 0.3) is 5.91 Å². The minimum absolute atomic E-state index is 0.0355. The molecule has 0 spiro atoms. The Balaban J connectivity index is 1.71. The van der Waals surface area contributed by atoms with Gasteiger partial charge in [0, 0.05) is 24.3 Å². The SMILES string of the molecule is CCN(CC)C(=O)c1cccc(NC(=O)Cn2cnc3ccccc32)c1. The fraction of sp³-hybridized carbons (Fsp3) is 0.250. The molecule has 1 heterocycles. The molecule has 2 amide bonds. The molecule has 0 radical (unpaired) electrons. The summed E-state index contributed by atoms with van der Waals surface area (Å²) in [6.45, 7) is 5.36. The maximum absolute atomic E-state index is 12.4. The highest BCUT2D eigenvalue weighted by Gasteiger charge is 2.13. The van der Waals surface area contributed by atoms with Gasteiger partial charge in [-0.05, 0) is 44.2 Å². The lowest BCUT2D eigenvalue weighted by atomic mass is 10.1. The van der Waals surface area contributed by atoms with Gasteiger partial charge < -0.3 is 14.8 Å². The zero-order chi connectivity index (χ0) is 18.5. The Bertz CT molecular complexity index is 928. The zero-order valence-electron chi connectivity index (χ0n) is 15.0. The predicted octanol–water partition coefficient (Wildman–Crippen LogP) is 3.16. The van der Waals surface area contributed by atoms with Crippen LogP contribution in [0.4, 0.5) is 5.69 Å². The number of hydrogen-bond acceptors (Lipinski definition) is 3. The number of para-hydroxylation sites is 2. The largest absolute Gasteiger partial charge is 0.339 e. The smallest absolute Gasteiger partial charge is 0.253 e. The highest BCUT2D eigenvalue weighted by Crippen LogP contribution is 2.15. The van der Waals surface area contributed by atoms with Gasteiger partial charge in [0.1, 0.15) is 6.54 Å². The molecule has 0 atom stereocenters. The van der Waals surface area contributed by atoms with E-state index in [4.69, 9.17) is 0 Å². The average molecular weight is 350 g/mol. The van der Waals surface area contributed by atoms with E-state index in [9.17, 15) is 9.59 Å². The maximum atomic E-state index is 12.4. The molecule has 3 rings (SSSR count). The number of amides is 2. The summed E-state index contributed by atoms with van der Waals surface area (Å²) in [5.41, 5.74) is 2.94. The minimum Gasteiger partial charge on any atom is -0.339 e. The highest BCUT2D eigenvalue weighted by molar-refractivity contribution is 5.97. The third-order valence-corrected chi connectivity index (χ3v) is 4.29. The van der Waals surface area contributed by atoms with E-state index in [-0.39, 0.29) is 18.4 Å². The normalized spacial score (nSPS) is 10.7. The van der Waals surface area contributed by atoms with Crippen molar-refractivity contribution in [2.24, 2.45) is 0 Å². The van der Waals surface area contributed by atoms with E-state index in [1.54, 1.807) is 40.1 Å². The fourth-order valence-electron chi connectivity index (χ4n) is 2.91. The van der Waals surface area contributed by atoms with Crippen LogP contribution in [0, 0.1) is 0 Å². The standard InChI is InChI=1S/C20H22N4O2/c1-3-23(4-2)20(26)15-8-7-9-16(12-15)22-19(25)13-24-14-21-17-10-5-6-11-18(17)24/h5-12,14H,3-4,13H2,1-2H3,(H,22,25). The van der Waals surface area contributed by atoms with Crippen molar-refractivity contribution < 1.29 is 9.59 Å². The van der Waals surface area contributed by atoms with Gasteiger partial charge in [0.2, 0.25) is 5.91 Å². The van der Waals surface area contributed by atoms with Crippen molar-refractivity contribution in [2.75, 3.05) is 18.4 Å². The summed E-state index contributed by atoms with van der Waals surface area (Å²) >= 11 is 0. The Morgan fingerprint density at radius 1 is 1.08 bits per heavy atom. The minimum atomic E-state index is -0.166. The lowest BCUT2D eigenvalue weighted by Gasteiger charge is -2.19. The number of benzene rings is 2. The number of nitrogens with zero attached hydrogens (tertiary/aromatic N) is 3. The molecular weight excluding hydrogens is 328 g/mol.